The summed E-state index contributed by atoms with van der Waals surface area (Å²) in [6.45, 7) is 2.83. The Kier molecular flexibility index (Phi) is 5.40. The number of rotatable bonds is 2. The van der Waals surface area contributed by atoms with Gasteiger partial charge in [0.2, 0.25) is 0 Å². The molecule has 0 aromatic carbocycles. The Balaban J connectivity index is 1.37. The van der Waals surface area contributed by atoms with Gasteiger partial charge in [0, 0.05) is 51.2 Å². The lowest BCUT2D eigenvalue weighted by atomic mass is 9.81. The quantitative estimate of drug-likeness (QED) is 0.742. The molecule has 0 bridgehead atoms. The molecule has 33 heavy (non-hydrogen) atoms. The predicted molar refractivity (Wildman–Crippen MR) is 116 cm³/mol. The zero-order chi connectivity index (χ0) is 23.4. The van der Waals surface area contributed by atoms with Crippen molar-refractivity contribution < 1.29 is 23.1 Å². The molecular weight excluding hydrogens is 435 g/mol. The molecule has 1 N–H and O–H groups in total. The van der Waals surface area contributed by atoms with Crippen LogP contribution in [0.3, 0.4) is 0 Å². The van der Waals surface area contributed by atoms with Crippen LogP contribution in [0.5, 0.6) is 0 Å². The van der Waals surface area contributed by atoms with Crippen molar-refractivity contribution >= 4 is 11.7 Å². The summed E-state index contributed by atoms with van der Waals surface area (Å²) < 4.78 is 41.9. The topological polar surface area (TPSA) is 64.8 Å². The number of carbonyl (C=O) groups excluding carboxylic acids is 1. The first-order chi connectivity index (χ1) is 15.7. The third-order valence-corrected chi connectivity index (χ3v) is 7.50. The minimum Gasteiger partial charge on any atom is -0.391 e. The van der Waals surface area contributed by atoms with Gasteiger partial charge in [0.05, 0.1) is 17.2 Å². The first-order valence-corrected chi connectivity index (χ1v) is 11.4. The van der Waals surface area contributed by atoms with Crippen LogP contribution in [0.2, 0.25) is 0 Å². The van der Waals surface area contributed by atoms with Gasteiger partial charge in [-0.15, -0.1) is 0 Å². The molecule has 1 atom stereocenters. The number of hydrogen-bond donors (Lipinski definition) is 1. The summed E-state index contributed by atoms with van der Waals surface area (Å²) >= 11 is 0. The summed E-state index contributed by atoms with van der Waals surface area (Å²) in [6.07, 6.45) is -1.40. The van der Waals surface area contributed by atoms with E-state index in [0.717, 1.165) is 0 Å². The zero-order valence-electron chi connectivity index (χ0n) is 18.6. The van der Waals surface area contributed by atoms with Crippen LogP contribution in [0.25, 0.3) is 0 Å². The molecule has 1 unspecified atom stereocenters. The van der Waals surface area contributed by atoms with Crippen molar-refractivity contribution in [1.29, 1.82) is 0 Å². The number of carbonyl (C=O) groups is 1. The molecule has 2 aromatic rings. The summed E-state index contributed by atoms with van der Waals surface area (Å²) in [6, 6.07) is 6.27. The zero-order valence-corrected chi connectivity index (χ0v) is 18.6. The highest BCUT2D eigenvalue weighted by molar-refractivity contribution is 5.99. The van der Waals surface area contributed by atoms with Crippen molar-refractivity contribution in [2.45, 2.75) is 43.6 Å². The first kappa shape index (κ1) is 22.2. The summed E-state index contributed by atoms with van der Waals surface area (Å²) in [5.74, 6) is 0.456. The van der Waals surface area contributed by atoms with Gasteiger partial charge in [0.15, 0.2) is 0 Å². The molecule has 10 heteroatoms. The van der Waals surface area contributed by atoms with E-state index in [0.29, 0.717) is 75.6 Å². The number of halogens is 3. The molecule has 3 aliphatic heterocycles. The van der Waals surface area contributed by atoms with Crippen molar-refractivity contribution in [2.24, 2.45) is 0 Å². The summed E-state index contributed by atoms with van der Waals surface area (Å²) in [5, 5.41) is 9.90. The van der Waals surface area contributed by atoms with E-state index in [-0.39, 0.29) is 5.91 Å². The van der Waals surface area contributed by atoms with Gasteiger partial charge in [-0.3, -0.25) is 9.69 Å². The number of aliphatic hydroxyl groups excluding tert-OH is 1. The van der Waals surface area contributed by atoms with Crippen molar-refractivity contribution in [3.8, 4) is 0 Å². The van der Waals surface area contributed by atoms with Crippen molar-refractivity contribution in [3.05, 3.63) is 47.4 Å². The van der Waals surface area contributed by atoms with Gasteiger partial charge in [-0.25, -0.2) is 4.98 Å². The van der Waals surface area contributed by atoms with E-state index in [2.05, 4.69) is 9.88 Å². The molecule has 5 rings (SSSR count). The smallest absolute Gasteiger partial charge is 0.391 e. The molecule has 178 valence electrons. The van der Waals surface area contributed by atoms with Crippen molar-refractivity contribution in [2.75, 3.05) is 44.7 Å². The monoisotopic (exact) mass is 463 g/mol. The van der Waals surface area contributed by atoms with Gasteiger partial charge in [-0.2, -0.15) is 13.2 Å². The molecule has 2 aromatic heterocycles. The Morgan fingerprint density at radius 1 is 1.12 bits per heavy atom. The van der Waals surface area contributed by atoms with E-state index < -0.39 is 23.5 Å². The van der Waals surface area contributed by atoms with E-state index in [4.69, 9.17) is 0 Å². The Labute approximate surface area is 190 Å². The summed E-state index contributed by atoms with van der Waals surface area (Å²) in [5.41, 5.74) is 0.0670. The molecule has 1 amide bonds. The molecule has 0 radical (unpaired) electrons. The number of hydrogen-bond acceptors (Lipinski definition) is 5. The maximum atomic E-state index is 13.5. The van der Waals surface area contributed by atoms with E-state index in [1.165, 1.54) is 10.6 Å². The number of alkyl halides is 3. The van der Waals surface area contributed by atoms with Crippen LogP contribution in [-0.2, 0) is 18.3 Å². The van der Waals surface area contributed by atoms with E-state index >= 15 is 0 Å². The van der Waals surface area contributed by atoms with Gasteiger partial charge < -0.3 is 19.5 Å². The molecule has 5 heterocycles. The first-order valence-electron chi connectivity index (χ1n) is 11.4. The summed E-state index contributed by atoms with van der Waals surface area (Å²) in [7, 11) is 1.96. The van der Waals surface area contributed by atoms with Crippen LogP contribution in [0.15, 0.2) is 30.5 Å². The fourth-order valence-corrected chi connectivity index (χ4v) is 5.66. The molecule has 0 saturated carbocycles. The van der Waals surface area contributed by atoms with Crippen LogP contribution in [0.4, 0.5) is 19.0 Å². The minimum atomic E-state index is -4.38. The molecule has 2 fully saturated rings. The van der Waals surface area contributed by atoms with Gasteiger partial charge in [-0.05, 0) is 50.6 Å². The number of aliphatic hydroxyl groups is 1. The number of anilines is 1. The molecule has 7 nitrogen and oxygen atoms in total. The largest absolute Gasteiger partial charge is 0.431 e. The lowest BCUT2D eigenvalue weighted by molar-refractivity contribution is -0.144. The molecular formula is C23H28F3N5O2. The average Bonchev–Trinajstić information content (AvgIpc) is 3.43. The van der Waals surface area contributed by atoms with Crippen LogP contribution < -0.4 is 4.90 Å². The van der Waals surface area contributed by atoms with Crippen LogP contribution >= 0.6 is 0 Å². The number of fused-ring (bicyclic) bond motifs is 2. The average molecular weight is 464 g/mol. The maximum absolute atomic E-state index is 13.5. The Morgan fingerprint density at radius 2 is 1.88 bits per heavy atom. The number of likely N-dealkylation sites (N-methyl/N-ethyl adjacent to an activating group) is 1. The fraction of sp³-hybridized carbons (Fsp3) is 0.565. The van der Waals surface area contributed by atoms with Gasteiger partial charge in [0.25, 0.3) is 5.91 Å². The number of pyridine rings is 1. The molecule has 0 aliphatic carbocycles. The number of piperidine rings is 1. The van der Waals surface area contributed by atoms with E-state index in [9.17, 15) is 23.1 Å². The Hall–Kier alpha value is -2.59. The third-order valence-electron chi connectivity index (χ3n) is 7.50. The van der Waals surface area contributed by atoms with Crippen molar-refractivity contribution in [1.82, 2.24) is 19.4 Å². The Morgan fingerprint density at radius 3 is 2.55 bits per heavy atom. The van der Waals surface area contributed by atoms with Crippen LogP contribution in [0.1, 0.15) is 41.0 Å². The SMILES string of the molecule is CN1CCn2c(C(F)(F)F)ccc2C12CCN(C(=O)c1cccnc1N1CCC(O)C1)CC2. The second-order valence-electron chi connectivity index (χ2n) is 9.26. The lowest BCUT2D eigenvalue weighted by Gasteiger charge is -2.50. The number of likely N-dealkylation sites (tertiary alicyclic amines) is 1. The second kappa shape index (κ2) is 8.02. The number of nitrogens with zero attached hydrogens (tertiary/aromatic N) is 5. The predicted octanol–water partition coefficient (Wildman–Crippen LogP) is 2.55. The fourth-order valence-electron chi connectivity index (χ4n) is 5.66. The lowest BCUT2D eigenvalue weighted by Crippen LogP contribution is -2.56. The second-order valence-corrected chi connectivity index (χ2v) is 9.26. The van der Waals surface area contributed by atoms with Gasteiger partial charge in [0.1, 0.15) is 11.5 Å². The minimum absolute atomic E-state index is 0.126. The molecule has 1 spiro atoms. The highest BCUT2D eigenvalue weighted by Gasteiger charge is 2.47. The van der Waals surface area contributed by atoms with Gasteiger partial charge >= 0.3 is 6.18 Å². The van der Waals surface area contributed by atoms with Crippen molar-refractivity contribution in [3.63, 3.8) is 0 Å². The molecule has 2 saturated heterocycles. The van der Waals surface area contributed by atoms with Crippen LogP contribution in [-0.4, -0.2) is 76.2 Å². The molecule has 3 aliphatic rings. The highest BCUT2D eigenvalue weighted by atomic mass is 19.4. The number of amides is 1. The van der Waals surface area contributed by atoms with Crippen LogP contribution in [0, 0.1) is 0 Å². The Bertz CT molecular complexity index is 1040. The van der Waals surface area contributed by atoms with E-state index in [1.54, 1.807) is 29.3 Å². The highest BCUT2D eigenvalue weighted by Crippen LogP contribution is 2.44. The van der Waals surface area contributed by atoms with Gasteiger partial charge in [-0.1, -0.05) is 0 Å². The third kappa shape index (κ3) is 3.69. The summed E-state index contributed by atoms with van der Waals surface area (Å²) in [4.78, 5) is 23.7. The van der Waals surface area contributed by atoms with E-state index in [1.807, 2.05) is 11.9 Å². The normalized spacial score (nSPS) is 23.2. The number of aromatic nitrogens is 2. The maximum Gasteiger partial charge on any atom is 0.431 e. The number of β-amino-alcohol motifs (C(OH)–C–C–N with tert-alkyl or cyclic N) is 1. The standard InChI is InChI=1S/C23H28F3N5O2/c1-28-13-14-31-18(4-5-19(31)23(24,25)26)22(28)7-11-29(12-8-22)21(33)17-3-2-9-27-20(17)30-10-6-16(32)15-30/h2-5,9,16,32H,6-8,10-15H2,1H3.